The summed E-state index contributed by atoms with van der Waals surface area (Å²) in [6.45, 7) is 3.96. The van der Waals surface area contributed by atoms with Gasteiger partial charge in [-0.1, -0.05) is 41.4 Å². The molecule has 0 amide bonds. The van der Waals surface area contributed by atoms with Crippen molar-refractivity contribution in [2.75, 3.05) is 0 Å². The highest BCUT2D eigenvalue weighted by molar-refractivity contribution is 6.42. The van der Waals surface area contributed by atoms with Crippen molar-refractivity contribution in [1.82, 2.24) is 9.55 Å². The second-order valence-corrected chi connectivity index (χ2v) is 6.43. The monoisotopic (exact) mass is 338 g/mol. The van der Waals surface area contributed by atoms with Gasteiger partial charge in [-0.05, 0) is 37.6 Å². The van der Waals surface area contributed by atoms with Crippen LogP contribution in [0, 0.1) is 6.92 Å². The molecule has 1 aromatic heterocycles. The van der Waals surface area contributed by atoms with Gasteiger partial charge in [0.2, 0.25) is 0 Å². The summed E-state index contributed by atoms with van der Waals surface area (Å²) in [7, 11) is 0. The molecule has 0 saturated carbocycles. The molecule has 3 aromatic rings. The molecule has 0 saturated heterocycles. The zero-order chi connectivity index (χ0) is 15.1. The lowest BCUT2D eigenvalue weighted by Crippen LogP contribution is -2.03. The SMILES string of the molecule is Cc1ccccc1-n1c(C(C)Cl)nc2cc(Cl)c(Cl)cc21. The Morgan fingerprint density at radius 2 is 1.76 bits per heavy atom. The highest BCUT2D eigenvalue weighted by Gasteiger charge is 2.18. The van der Waals surface area contributed by atoms with Crippen LogP contribution in [0.1, 0.15) is 23.7 Å². The topological polar surface area (TPSA) is 17.8 Å². The number of benzene rings is 2. The van der Waals surface area contributed by atoms with Gasteiger partial charge in [0.1, 0.15) is 5.82 Å². The highest BCUT2D eigenvalue weighted by atomic mass is 35.5. The zero-order valence-electron chi connectivity index (χ0n) is 11.6. The molecule has 2 nitrogen and oxygen atoms in total. The molecular weight excluding hydrogens is 327 g/mol. The van der Waals surface area contributed by atoms with E-state index in [4.69, 9.17) is 34.8 Å². The van der Waals surface area contributed by atoms with Gasteiger partial charge in [-0.15, -0.1) is 11.6 Å². The average molecular weight is 340 g/mol. The lowest BCUT2D eigenvalue weighted by molar-refractivity contribution is 0.878. The number of aryl methyl sites for hydroxylation is 1. The molecule has 0 spiro atoms. The van der Waals surface area contributed by atoms with Crippen LogP contribution >= 0.6 is 34.8 Å². The van der Waals surface area contributed by atoms with Crippen LogP contribution in [0.5, 0.6) is 0 Å². The molecule has 2 aromatic carbocycles. The minimum atomic E-state index is -0.227. The molecule has 0 bridgehead atoms. The number of hydrogen-bond donors (Lipinski definition) is 0. The third-order valence-corrected chi connectivity index (χ3v) is 4.35. The van der Waals surface area contributed by atoms with E-state index in [2.05, 4.69) is 18.0 Å². The molecule has 1 heterocycles. The highest BCUT2D eigenvalue weighted by Crippen LogP contribution is 2.33. The lowest BCUT2D eigenvalue weighted by atomic mass is 10.2. The van der Waals surface area contributed by atoms with Crippen LogP contribution in [-0.2, 0) is 0 Å². The minimum Gasteiger partial charge on any atom is -0.295 e. The number of para-hydroxylation sites is 1. The second-order valence-electron chi connectivity index (χ2n) is 4.96. The Bertz CT molecular complexity index is 822. The van der Waals surface area contributed by atoms with Crippen LogP contribution < -0.4 is 0 Å². The number of alkyl halides is 1. The van der Waals surface area contributed by atoms with E-state index in [0.29, 0.717) is 10.0 Å². The number of halogens is 3. The number of imidazole rings is 1. The Morgan fingerprint density at radius 1 is 1.10 bits per heavy atom. The van der Waals surface area contributed by atoms with Crippen LogP contribution in [0.2, 0.25) is 10.0 Å². The van der Waals surface area contributed by atoms with Gasteiger partial charge in [0.15, 0.2) is 0 Å². The molecular formula is C16H13Cl3N2. The van der Waals surface area contributed by atoms with E-state index < -0.39 is 0 Å². The summed E-state index contributed by atoms with van der Waals surface area (Å²) in [5.74, 6) is 0.777. The van der Waals surface area contributed by atoms with Crippen molar-refractivity contribution >= 4 is 45.8 Å². The Kier molecular flexibility index (Phi) is 3.87. The predicted molar refractivity (Wildman–Crippen MR) is 90.1 cm³/mol. The van der Waals surface area contributed by atoms with E-state index in [0.717, 1.165) is 28.1 Å². The molecule has 1 unspecified atom stereocenters. The van der Waals surface area contributed by atoms with E-state index in [1.165, 1.54) is 0 Å². The maximum absolute atomic E-state index is 6.31. The molecule has 0 N–H and O–H groups in total. The first-order chi connectivity index (χ1) is 9.99. The molecule has 3 rings (SSSR count). The van der Waals surface area contributed by atoms with Gasteiger partial charge in [0, 0.05) is 0 Å². The molecule has 108 valence electrons. The van der Waals surface area contributed by atoms with E-state index in [9.17, 15) is 0 Å². The largest absolute Gasteiger partial charge is 0.295 e. The quantitative estimate of drug-likeness (QED) is 0.528. The number of hydrogen-bond acceptors (Lipinski definition) is 1. The number of rotatable bonds is 2. The first-order valence-electron chi connectivity index (χ1n) is 6.56. The summed E-state index contributed by atoms with van der Waals surface area (Å²) in [5.41, 5.74) is 3.87. The van der Waals surface area contributed by atoms with Gasteiger partial charge in [-0.25, -0.2) is 4.98 Å². The Labute approximate surface area is 138 Å². The number of nitrogens with zero attached hydrogens (tertiary/aromatic N) is 2. The summed E-state index contributed by atoms with van der Waals surface area (Å²) < 4.78 is 2.05. The zero-order valence-corrected chi connectivity index (χ0v) is 13.8. The van der Waals surface area contributed by atoms with Crippen molar-refractivity contribution in [2.24, 2.45) is 0 Å². The van der Waals surface area contributed by atoms with E-state index in [1.54, 1.807) is 6.07 Å². The minimum absolute atomic E-state index is 0.227. The van der Waals surface area contributed by atoms with Gasteiger partial charge in [-0.2, -0.15) is 0 Å². The summed E-state index contributed by atoms with van der Waals surface area (Å²) in [4.78, 5) is 4.62. The fourth-order valence-electron chi connectivity index (χ4n) is 2.43. The summed E-state index contributed by atoms with van der Waals surface area (Å²) in [6.07, 6.45) is 0. The third kappa shape index (κ3) is 2.52. The second kappa shape index (κ2) is 5.53. The molecule has 0 aliphatic heterocycles. The Hall–Kier alpha value is -1.22. The number of aromatic nitrogens is 2. The first kappa shape index (κ1) is 14.7. The normalized spacial score (nSPS) is 12.8. The van der Waals surface area contributed by atoms with Gasteiger partial charge < -0.3 is 0 Å². The maximum Gasteiger partial charge on any atom is 0.132 e. The fraction of sp³-hybridized carbons (Fsp3) is 0.188. The Morgan fingerprint density at radius 3 is 2.43 bits per heavy atom. The summed E-state index contributed by atoms with van der Waals surface area (Å²) >= 11 is 18.6. The van der Waals surface area contributed by atoms with Crippen LogP contribution in [0.4, 0.5) is 0 Å². The average Bonchev–Trinajstić information content (AvgIpc) is 2.78. The van der Waals surface area contributed by atoms with Gasteiger partial charge >= 0.3 is 0 Å². The molecule has 5 heteroatoms. The van der Waals surface area contributed by atoms with Crippen molar-refractivity contribution in [1.29, 1.82) is 0 Å². The van der Waals surface area contributed by atoms with Crippen molar-refractivity contribution in [3.63, 3.8) is 0 Å². The van der Waals surface area contributed by atoms with Crippen LogP contribution in [0.25, 0.3) is 16.7 Å². The van der Waals surface area contributed by atoms with E-state index in [-0.39, 0.29) is 5.38 Å². The predicted octanol–water partition coefficient (Wildman–Crippen LogP) is 5.94. The van der Waals surface area contributed by atoms with Gasteiger partial charge in [0.25, 0.3) is 0 Å². The summed E-state index contributed by atoms with van der Waals surface area (Å²) in [6, 6.07) is 11.7. The maximum atomic E-state index is 6.31. The van der Waals surface area contributed by atoms with Gasteiger partial charge in [-0.3, -0.25) is 4.57 Å². The standard InChI is InChI=1S/C16H13Cl3N2/c1-9-5-3-4-6-14(9)21-15-8-12(19)11(18)7-13(15)20-16(21)10(2)17/h3-8,10H,1-2H3. The van der Waals surface area contributed by atoms with Crippen molar-refractivity contribution in [3.05, 3.63) is 57.8 Å². The van der Waals surface area contributed by atoms with Crippen molar-refractivity contribution < 1.29 is 0 Å². The van der Waals surface area contributed by atoms with Crippen LogP contribution in [0.3, 0.4) is 0 Å². The molecule has 0 aliphatic carbocycles. The van der Waals surface area contributed by atoms with Crippen molar-refractivity contribution in [3.8, 4) is 5.69 Å². The molecule has 1 atom stereocenters. The molecule has 0 fully saturated rings. The van der Waals surface area contributed by atoms with Crippen LogP contribution in [-0.4, -0.2) is 9.55 Å². The summed E-state index contributed by atoms with van der Waals surface area (Å²) in [5, 5.41) is 0.773. The first-order valence-corrected chi connectivity index (χ1v) is 7.75. The third-order valence-electron chi connectivity index (χ3n) is 3.43. The van der Waals surface area contributed by atoms with E-state index >= 15 is 0 Å². The molecule has 0 radical (unpaired) electrons. The fourth-order valence-corrected chi connectivity index (χ4v) is 2.89. The Balaban J connectivity index is 2.41. The smallest absolute Gasteiger partial charge is 0.132 e. The lowest BCUT2D eigenvalue weighted by Gasteiger charge is -2.13. The van der Waals surface area contributed by atoms with Crippen molar-refractivity contribution in [2.45, 2.75) is 19.2 Å². The number of fused-ring (bicyclic) bond motifs is 1. The van der Waals surface area contributed by atoms with Crippen LogP contribution in [0.15, 0.2) is 36.4 Å². The molecule has 21 heavy (non-hydrogen) atoms. The van der Waals surface area contributed by atoms with Gasteiger partial charge in [0.05, 0.1) is 32.1 Å². The molecule has 0 aliphatic rings. The van der Waals surface area contributed by atoms with E-state index in [1.807, 2.05) is 35.8 Å².